The Bertz CT molecular complexity index is 510. The van der Waals surface area contributed by atoms with Gasteiger partial charge in [-0.25, -0.2) is 4.13 Å². The third-order valence-electron chi connectivity index (χ3n) is 5.82. The highest BCUT2D eigenvalue weighted by Crippen LogP contribution is 2.56. The third kappa shape index (κ3) is 2.18. The van der Waals surface area contributed by atoms with Crippen molar-refractivity contribution in [3.63, 3.8) is 0 Å². The van der Waals surface area contributed by atoms with Crippen LogP contribution in [0.1, 0.15) is 47.6 Å². The normalized spacial score (nSPS) is 40.9. The average molecular weight is 328 g/mol. The van der Waals surface area contributed by atoms with E-state index in [1.807, 2.05) is 23.9 Å². The van der Waals surface area contributed by atoms with Crippen molar-refractivity contribution in [2.75, 3.05) is 0 Å². The van der Waals surface area contributed by atoms with Crippen LogP contribution in [0.5, 0.6) is 0 Å². The quantitative estimate of drug-likeness (QED) is 0.701. The van der Waals surface area contributed by atoms with Crippen molar-refractivity contribution in [3.05, 3.63) is 20.9 Å². The molecule has 4 heteroatoms. The highest BCUT2D eigenvalue weighted by atomic mass is 32.2. The predicted octanol–water partition coefficient (Wildman–Crippen LogP) is 5.32. The molecule has 6 unspecified atom stereocenters. The van der Waals surface area contributed by atoms with E-state index in [1.165, 1.54) is 10.4 Å². The summed E-state index contributed by atoms with van der Waals surface area (Å²) in [7, 11) is 0. The van der Waals surface area contributed by atoms with Crippen LogP contribution in [0.15, 0.2) is 0 Å². The lowest BCUT2D eigenvalue weighted by Crippen LogP contribution is -2.44. The number of hydrogen-bond acceptors (Lipinski definition) is 4. The van der Waals surface area contributed by atoms with Crippen LogP contribution >= 0.6 is 35.2 Å². The Morgan fingerprint density at radius 1 is 0.800 bits per heavy atom. The van der Waals surface area contributed by atoms with Gasteiger partial charge in [0, 0.05) is 26.2 Å². The van der Waals surface area contributed by atoms with E-state index in [2.05, 4.69) is 57.0 Å². The van der Waals surface area contributed by atoms with Gasteiger partial charge in [0.1, 0.15) is 0 Å². The summed E-state index contributed by atoms with van der Waals surface area (Å²) in [6.07, 6.45) is 0. The molecule has 0 spiro atoms. The van der Waals surface area contributed by atoms with Gasteiger partial charge in [0.15, 0.2) is 0 Å². The molecule has 0 radical (unpaired) electrons. The van der Waals surface area contributed by atoms with Crippen LogP contribution in [-0.4, -0.2) is 10.5 Å². The molecule has 1 saturated heterocycles. The molecule has 112 valence electrons. The maximum atomic E-state index is 3.51. The van der Waals surface area contributed by atoms with Crippen molar-refractivity contribution in [1.29, 1.82) is 0 Å². The van der Waals surface area contributed by atoms with E-state index in [0.29, 0.717) is 0 Å². The lowest BCUT2D eigenvalue weighted by Gasteiger charge is -2.45. The first-order valence-electron chi connectivity index (χ1n) is 7.56. The second-order valence-corrected chi connectivity index (χ2v) is 10.1. The van der Waals surface area contributed by atoms with Gasteiger partial charge in [0.2, 0.25) is 0 Å². The predicted molar refractivity (Wildman–Crippen MR) is 94.7 cm³/mol. The number of thiophene rings is 1. The largest absolute Gasteiger partial charge is 0.207 e. The van der Waals surface area contributed by atoms with Gasteiger partial charge < -0.3 is 0 Å². The van der Waals surface area contributed by atoms with Crippen LogP contribution in [0.3, 0.4) is 0 Å². The molecule has 1 aliphatic carbocycles. The summed E-state index contributed by atoms with van der Waals surface area (Å²) in [5.41, 5.74) is 3.07. The van der Waals surface area contributed by atoms with E-state index in [-0.39, 0.29) is 0 Å². The molecule has 0 bridgehead atoms. The van der Waals surface area contributed by atoms with Crippen LogP contribution < -0.4 is 4.13 Å². The Kier molecular flexibility index (Phi) is 4.22. The minimum Gasteiger partial charge on any atom is -0.207 e. The summed E-state index contributed by atoms with van der Waals surface area (Å²) in [6, 6.07) is 0. The zero-order chi connectivity index (χ0) is 14.6. The number of rotatable bonds is 1. The zero-order valence-corrected chi connectivity index (χ0v) is 15.6. The van der Waals surface area contributed by atoms with E-state index in [0.717, 1.165) is 34.2 Å². The topological polar surface area (TPSA) is 12.0 Å². The van der Waals surface area contributed by atoms with Gasteiger partial charge in [0.05, 0.1) is 0 Å². The molecule has 2 heterocycles. The van der Waals surface area contributed by atoms with Gasteiger partial charge in [-0.1, -0.05) is 44.7 Å². The van der Waals surface area contributed by atoms with Crippen molar-refractivity contribution in [2.24, 2.45) is 17.8 Å². The minimum absolute atomic E-state index is 0.719. The first-order chi connectivity index (χ1) is 9.43. The summed E-state index contributed by atoms with van der Waals surface area (Å²) in [6.45, 7) is 14.3. The summed E-state index contributed by atoms with van der Waals surface area (Å²) in [4.78, 5) is 3.18. The molecule has 1 aliphatic heterocycles. The van der Waals surface area contributed by atoms with Crippen LogP contribution in [0.2, 0.25) is 0 Å². The summed E-state index contributed by atoms with van der Waals surface area (Å²) in [5.74, 6) is 3.10. The van der Waals surface area contributed by atoms with E-state index in [9.17, 15) is 0 Å². The van der Waals surface area contributed by atoms with Crippen molar-refractivity contribution < 1.29 is 0 Å². The number of nitrogens with one attached hydrogen (secondary N) is 1. The maximum absolute atomic E-state index is 3.51. The summed E-state index contributed by atoms with van der Waals surface area (Å²) >= 11 is 6.01. The lowest BCUT2D eigenvalue weighted by molar-refractivity contribution is 0.185. The Labute approximate surface area is 136 Å². The maximum Gasteiger partial charge on any atom is 0.0414 e. The molecular weight excluding hydrogens is 302 g/mol. The van der Waals surface area contributed by atoms with Crippen LogP contribution in [-0.2, 0) is 0 Å². The molecule has 2 aliphatic rings. The molecule has 2 fully saturated rings. The fraction of sp³-hybridized carbons (Fsp3) is 0.750. The van der Waals surface area contributed by atoms with Crippen molar-refractivity contribution >= 4 is 35.2 Å². The Morgan fingerprint density at radius 3 is 2.05 bits per heavy atom. The van der Waals surface area contributed by atoms with E-state index in [4.69, 9.17) is 0 Å². The molecule has 1 nitrogen and oxygen atoms in total. The SMILES string of the molecule is Cc1sc(C2C(C)C(C)C(C)C3SNSC32)c(C)c1C. The van der Waals surface area contributed by atoms with Gasteiger partial charge in [-0.3, -0.25) is 0 Å². The highest BCUT2D eigenvalue weighted by Gasteiger charge is 2.50. The molecule has 6 atom stereocenters. The molecular formula is C16H25NS3. The molecule has 3 rings (SSSR count). The molecule has 1 saturated carbocycles. The Morgan fingerprint density at radius 2 is 1.45 bits per heavy atom. The molecule has 20 heavy (non-hydrogen) atoms. The first-order valence-corrected chi connectivity index (χ1v) is 10.1. The lowest BCUT2D eigenvalue weighted by atomic mass is 9.67. The Balaban J connectivity index is 2.04. The molecule has 0 amide bonds. The van der Waals surface area contributed by atoms with Crippen molar-refractivity contribution in [3.8, 4) is 0 Å². The summed E-state index contributed by atoms with van der Waals surface area (Å²) < 4.78 is 3.51. The van der Waals surface area contributed by atoms with E-state index < -0.39 is 0 Å². The summed E-state index contributed by atoms with van der Waals surface area (Å²) in [5, 5.41) is 1.50. The minimum atomic E-state index is 0.719. The second kappa shape index (κ2) is 5.53. The van der Waals surface area contributed by atoms with Gasteiger partial charge in [0.25, 0.3) is 0 Å². The zero-order valence-electron chi connectivity index (χ0n) is 13.2. The highest BCUT2D eigenvalue weighted by molar-refractivity contribution is 8.16. The fourth-order valence-corrected chi connectivity index (χ4v) is 8.48. The molecule has 1 aromatic heterocycles. The number of fused-ring (bicyclic) bond motifs is 1. The van der Waals surface area contributed by atoms with Crippen LogP contribution in [0, 0.1) is 38.5 Å². The van der Waals surface area contributed by atoms with Gasteiger partial charge in [-0.05, 0) is 49.7 Å². The number of aryl methyl sites for hydroxylation is 1. The van der Waals surface area contributed by atoms with Crippen LogP contribution in [0.4, 0.5) is 0 Å². The standard InChI is InChI=1S/C16H25NS3/c1-7-9(3)13(14-11(5)8(2)12(6)18-14)16-15(10(7)4)19-17-20-16/h7,9-10,13,15-17H,1-6H3. The van der Waals surface area contributed by atoms with Gasteiger partial charge in [-0.2, -0.15) is 0 Å². The van der Waals surface area contributed by atoms with Crippen LogP contribution in [0.25, 0.3) is 0 Å². The average Bonchev–Trinajstić information content (AvgIpc) is 2.99. The first kappa shape index (κ1) is 15.3. The van der Waals surface area contributed by atoms with Gasteiger partial charge in [-0.15, -0.1) is 11.3 Å². The fourth-order valence-electron chi connectivity index (χ4n) is 3.83. The van der Waals surface area contributed by atoms with Gasteiger partial charge >= 0.3 is 0 Å². The number of hydrogen-bond donors (Lipinski definition) is 1. The smallest absolute Gasteiger partial charge is 0.0414 e. The molecule has 1 N–H and O–H groups in total. The Hall–Kier alpha value is 0.360. The van der Waals surface area contributed by atoms with Crippen molar-refractivity contribution in [1.82, 2.24) is 4.13 Å². The molecule has 0 aromatic carbocycles. The molecule has 1 aromatic rings. The monoisotopic (exact) mass is 327 g/mol. The van der Waals surface area contributed by atoms with E-state index in [1.54, 1.807) is 10.4 Å². The van der Waals surface area contributed by atoms with E-state index >= 15 is 0 Å². The van der Waals surface area contributed by atoms with Crippen molar-refractivity contribution in [2.45, 2.75) is 58.0 Å². The third-order valence-corrected chi connectivity index (χ3v) is 10.0. The second-order valence-electron chi connectivity index (χ2n) is 6.62.